The Balaban J connectivity index is 1.96. The van der Waals surface area contributed by atoms with Crippen LogP contribution in [0.15, 0.2) is 48.5 Å². The van der Waals surface area contributed by atoms with Crippen LogP contribution in [0.3, 0.4) is 0 Å². The number of nitrogens with two attached hydrogens (primary N) is 1. The maximum Gasteiger partial charge on any atom is 0.340 e. The van der Waals surface area contributed by atoms with Gasteiger partial charge in [0.2, 0.25) is 0 Å². The van der Waals surface area contributed by atoms with Crippen LogP contribution in [0.5, 0.6) is 0 Å². The summed E-state index contributed by atoms with van der Waals surface area (Å²) in [6.45, 7) is 0. The molecule has 0 aliphatic heterocycles. The van der Waals surface area contributed by atoms with E-state index in [1.54, 1.807) is 48.5 Å². The van der Waals surface area contributed by atoms with E-state index in [2.05, 4.69) is 10.2 Å². The molecule has 0 aliphatic rings. The third-order valence-corrected chi connectivity index (χ3v) is 4.32. The molecule has 0 atom stereocenters. The van der Waals surface area contributed by atoms with E-state index in [-0.39, 0.29) is 23.5 Å². The molecular formula is C20H18N4O4. The molecule has 0 saturated carbocycles. The summed E-state index contributed by atoms with van der Waals surface area (Å²) < 4.78 is 0. The smallest absolute Gasteiger partial charge is 0.340 e. The first-order valence-corrected chi connectivity index (χ1v) is 8.44. The van der Waals surface area contributed by atoms with Crippen molar-refractivity contribution in [3.05, 3.63) is 65.2 Å². The highest BCUT2D eigenvalue weighted by Gasteiger charge is 2.22. The fourth-order valence-electron chi connectivity index (χ4n) is 2.87. The highest BCUT2D eigenvalue weighted by atomic mass is 16.4. The second kappa shape index (κ2) is 7.75. The van der Waals surface area contributed by atoms with Crippen molar-refractivity contribution in [3.8, 4) is 22.5 Å². The zero-order chi connectivity index (χ0) is 20.3. The number of benzene rings is 2. The van der Waals surface area contributed by atoms with E-state index in [0.717, 1.165) is 5.56 Å². The SMILES string of the molecule is N=C(N)c1ccc(-c2n[nH]c(-c3ccc(CCC(=O)O)cc3)c2C(=O)O)cc1. The first-order chi connectivity index (χ1) is 13.4. The summed E-state index contributed by atoms with van der Waals surface area (Å²) in [6.07, 6.45) is 0.433. The molecule has 8 heteroatoms. The van der Waals surface area contributed by atoms with Crippen molar-refractivity contribution in [1.29, 1.82) is 5.41 Å². The van der Waals surface area contributed by atoms with Crippen LogP contribution in [-0.4, -0.2) is 38.2 Å². The summed E-state index contributed by atoms with van der Waals surface area (Å²) in [5.41, 5.74) is 8.74. The summed E-state index contributed by atoms with van der Waals surface area (Å²) in [6, 6.07) is 13.6. The topological polar surface area (TPSA) is 153 Å². The van der Waals surface area contributed by atoms with Gasteiger partial charge in [-0.05, 0) is 12.0 Å². The molecule has 142 valence electrons. The van der Waals surface area contributed by atoms with Gasteiger partial charge < -0.3 is 15.9 Å². The fourth-order valence-corrected chi connectivity index (χ4v) is 2.87. The van der Waals surface area contributed by atoms with E-state index in [4.69, 9.17) is 16.2 Å². The Morgan fingerprint density at radius 1 is 1.00 bits per heavy atom. The molecule has 0 unspecified atom stereocenters. The van der Waals surface area contributed by atoms with Crippen LogP contribution < -0.4 is 5.73 Å². The average molecular weight is 378 g/mol. The quantitative estimate of drug-likeness (QED) is 0.315. The van der Waals surface area contributed by atoms with Gasteiger partial charge in [0.15, 0.2) is 0 Å². The van der Waals surface area contributed by atoms with E-state index in [9.17, 15) is 14.7 Å². The van der Waals surface area contributed by atoms with E-state index in [0.29, 0.717) is 28.8 Å². The minimum Gasteiger partial charge on any atom is -0.481 e. The van der Waals surface area contributed by atoms with Gasteiger partial charge >= 0.3 is 11.9 Å². The number of aliphatic carboxylic acids is 1. The van der Waals surface area contributed by atoms with Crippen LogP contribution in [0.4, 0.5) is 0 Å². The van der Waals surface area contributed by atoms with Gasteiger partial charge in [-0.3, -0.25) is 15.3 Å². The molecule has 0 bridgehead atoms. The van der Waals surface area contributed by atoms with Gasteiger partial charge in [0, 0.05) is 23.1 Å². The number of H-pyrrole nitrogens is 1. The molecule has 8 nitrogen and oxygen atoms in total. The number of hydrogen-bond acceptors (Lipinski definition) is 4. The first-order valence-electron chi connectivity index (χ1n) is 8.44. The number of carboxylic acid groups (broad SMARTS) is 2. The number of nitrogen functional groups attached to an aromatic ring is 1. The molecule has 6 N–H and O–H groups in total. The Morgan fingerprint density at radius 2 is 1.61 bits per heavy atom. The molecular weight excluding hydrogens is 360 g/mol. The monoisotopic (exact) mass is 378 g/mol. The minimum absolute atomic E-state index is 0.0319. The highest BCUT2D eigenvalue weighted by molar-refractivity contribution is 6.01. The number of carboxylic acids is 2. The van der Waals surface area contributed by atoms with Crippen LogP contribution in [0.25, 0.3) is 22.5 Å². The lowest BCUT2D eigenvalue weighted by Crippen LogP contribution is -2.10. The number of nitrogens with zero attached hydrogens (tertiary/aromatic N) is 1. The number of aromatic amines is 1. The lowest BCUT2D eigenvalue weighted by molar-refractivity contribution is -0.136. The predicted molar refractivity (Wildman–Crippen MR) is 103 cm³/mol. The molecule has 0 spiro atoms. The van der Waals surface area contributed by atoms with Crippen LogP contribution in [-0.2, 0) is 11.2 Å². The van der Waals surface area contributed by atoms with Crippen molar-refractivity contribution in [2.75, 3.05) is 0 Å². The van der Waals surface area contributed by atoms with Crippen molar-refractivity contribution < 1.29 is 19.8 Å². The largest absolute Gasteiger partial charge is 0.481 e. The Kier molecular flexibility index (Phi) is 5.21. The molecule has 0 amide bonds. The standard InChI is InChI=1S/C20H18N4O4/c21-19(22)14-8-6-13(7-9-14)18-16(20(27)28)17(23-24-18)12-4-1-11(2-5-12)3-10-15(25)26/h1-2,4-9H,3,10H2,(H3,21,22)(H,23,24)(H,25,26)(H,27,28). The van der Waals surface area contributed by atoms with Crippen LogP contribution in [0.2, 0.25) is 0 Å². The van der Waals surface area contributed by atoms with Gasteiger partial charge in [-0.25, -0.2) is 4.79 Å². The van der Waals surface area contributed by atoms with Crippen molar-refractivity contribution in [2.24, 2.45) is 5.73 Å². The van der Waals surface area contributed by atoms with Gasteiger partial charge in [0.25, 0.3) is 0 Å². The van der Waals surface area contributed by atoms with E-state index >= 15 is 0 Å². The molecule has 0 aliphatic carbocycles. The molecule has 3 aromatic rings. The second-order valence-corrected chi connectivity index (χ2v) is 6.21. The second-order valence-electron chi connectivity index (χ2n) is 6.21. The Morgan fingerprint density at radius 3 is 2.14 bits per heavy atom. The first kappa shape index (κ1) is 18.8. The molecule has 2 aromatic carbocycles. The number of hydrogen-bond donors (Lipinski definition) is 5. The molecule has 0 radical (unpaired) electrons. The van der Waals surface area contributed by atoms with Crippen LogP contribution in [0, 0.1) is 5.41 Å². The zero-order valence-electron chi connectivity index (χ0n) is 14.8. The van der Waals surface area contributed by atoms with E-state index in [1.807, 2.05) is 0 Å². The molecule has 0 saturated heterocycles. The fraction of sp³-hybridized carbons (Fsp3) is 0.100. The van der Waals surface area contributed by atoms with Crippen LogP contribution >= 0.6 is 0 Å². The number of aromatic carboxylic acids is 1. The van der Waals surface area contributed by atoms with Gasteiger partial charge in [-0.15, -0.1) is 0 Å². The molecule has 0 fully saturated rings. The Labute approximate surface area is 160 Å². The van der Waals surface area contributed by atoms with Crippen molar-refractivity contribution in [1.82, 2.24) is 10.2 Å². The van der Waals surface area contributed by atoms with E-state index in [1.165, 1.54) is 0 Å². The molecule has 1 heterocycles. The van der Waals surface area contributed by atoms with Gasteiger partial charge in [0.05, 0.1) is 5.69 Å². The lowest BCUT2D eigenvalue weighted by Gasteiger charge is -2.05. The van der Waals surface area contributed by atoms with E-state index < -0.39 is 11.9 Å². The predicted octanol–water partition coefficient (Wildman–Crippen LogP) is 2.74. The molecule has 28 heavy (non-hydrogen) atoms. The van der Waals surface area contributed by atoms with Crippen molar-refractivity contribution in [3.63, 3.8) is 0 Å². The highest BCUT2D eigenvalue weighted by Crippen LogP contribution is 2.30. The van der Waals surface area contributed by atoms with Gasteiger partial charge in [0.1, 0.15) is 17.1 Å². The maximum absolute atomic E-state index is 11.9. The summed E-state index contributed by atoms with van der Waals surface area (Å²) >= 11 is 0. The third kappa shape index (κ3) is 3.90. The Hall–Kier alpha value is -3.94. The molecule has 3 rings (SSSR count). The minimum atomic E-state index is -1.12. The number of aryl methyl sites for hydroxylation is 1. The average Bonchev–Trinajstić information content (AvgIpc) is 3.12. The van der Waals surface area contributed by atoms with Crippen LogP contribution in [0.1, 0.15) is 27.9 Å². The number of nitrogens with one attached hydrogen (secondary N) is 2. The normalized spacial score (nSPS) is 10.6. The summed E-state index contributed by atoms with van der Waals surface area (Å²) in [5, 5.41) is 32.9. The lowest BCUT2D eigenvalue weighted by atomic mass is 9.99. The maximum atomic E-state index is 11.9. The Bertz CT molecular complexity index is 1040. The zero-order valence-corrected chi connectivity index (χ0v) is 14.8. The number of carbonyl (C=O) groups is 2. The number of amidine groups is 1. The summed E-state index contributed by atoms with van der Waals surface area (Å²) in [7, 11) is 0. The molecule has 1 aromatic heterocycles. The van der Waals surface area contributed by atoms with Crippen molar-refractivity contribution in [2.45, 2.75) is 12.8 Å². The number of rotatable bonds is 7. The third-order valence-electron chi connectivity index (χ3n) is 4.32. The van der Waals surface area contributed by atoms with Crippen molar-refractivity contribution >= 4 is 17.8 Å². The van der Waals surface area contributed by atoms with Gasteiger partial charge in [-0.1, -0.05) is 48.5 Å². The summed E-state index contributed by atoms with van der Waals surface area (Å²) in [5.74, 6) is -2.06. The summed E-state index contributed by atoms with van der Waals surface area (Å²) in [4.78, 5) is 22.6. The number of aromatic nitrogens is 2. The van der Waals surface area contributed by atoms with Gasteiger partial charge in [-0.2, -0.15) is 5.10 Å².